The van der Waals surface area contributed by atoms with Gasteiger partial charge in [0.05, 0.1) is 17.2 Å². The normalized spacial score (nSPS) is 15.4. The number of benzene rings is 2. The fourth-order valence-electron chi connectivity index (χ4n) is 3.88. The number of rotatable bonds is 10. The van der Waals surface area contributed by atoms with Crippen LogP contribution in [0.3, 0.4) is 0 Å². The van der Waals surface area contributed by atoms with E-state index in [2.05, 4.69) is 0 Å². The van der Waals surface area contributed by atoms with Crippen LogP contribution in [0.5, 0.6) is 5.75 Å². The summed E-state index contributed by atoms with van der Waals surface area (Å²) < 4.78 is 65.1. The maximum atomic E-state index is 13.7. The molecule has 188 valence electrons. The number of anilines is 1. The van der Waals surface area contributed by atoms with Crippen LogP contribution in [0, 0.1) is 11.8 Å². The van der Waals surface area contributed by atoms with Gasteiger partial charge in [0.2, 0.25) is 0 Å². The Balaban J connectivity index is 1.97. The summed E-state index contributed by atoms with van der Waals surface area (Å²) in [5.41, 5.74) is 1.66. The summed E-state index contributed by atoms with van der Waals surface area (Å²) in [6.07, 6.45) is 3.61. The smallest absolute Gasteiger partial charge is 0.264 e. The van der Waals surface area contributed by atoms with E-state index in [-0.39, 0.29) is 33.9 Å². The monoisotopic (exact) mass is 509 g/mol. The zero-order valence-corrected chi connectivity index (χ0v) is 22.0. The summed E-state index contributed by atoms with van der Waals surface area (Å²) in [6.45, 7) is 7.88. The van der Waals surface area contributed by atoms with Gasteiger partial charge in [0.25, 0.3) is 10.0 Å². The fraction of sp³-hybridized carbons (Fsp3) is 0.520. The number of hydrogen-bond donors (Lipinski definition) is 0. The van der Waals surface area contributed by atoms with Gasteiger partial charge < -0.3 is 9.47 Å². The molecule has 2 aromatic carbocycles. The molecular formula is C25H35NO6S2. The van der Waals surface area contributed by atoms with Gasteiger partial charge in [0, 0.05) is 26.0 Å². The van der Waals surface area contributed by atoms with Gasteiger partial charge in [-0.05, 0) is 67.0 Å². The SMILES string of the molecule is CCc1ccc(N(CC(C)C)S(=O)(=O)c2ccc(OCC3CCOCC3)c(S(C)(=O)=O)c2)cc1. The molecule has 7 nitrogen and oxygen atoms in total. The van der Waals surface area contributed by atoms with Crippen LogP contribution in [0.1, 0.15) is 39.2 Å². The minimum absolute atomic E-state index is 0.0667. The molecule has 0 unspecified atom stereocenters. The fourth-order valence-corrected chi connectivity index (χ4v) is 6.44. The summed E-state index contributed by atoms with van der Waals surface area (Å²) in [4.78, 5) is -0.196. The number of ether oxygens (including phenoxy) is 2. The molecule has 0 aliphatic carbocycles. The molecule has 0 radical (unpaired) electrons. The number of sulfonamides is 1. The Morgan fingerprint density at radius 3 is 2.24 bits per heavy atom. The third-order valence-corrected chi connectivity index (χ3v) is 8.79. The van der Waals surface area contributed by atoms with Gasteiger partial charge in [-0.25, -0.2) is 16.8 Å². The topological polar surface area (TPSA) is 90.0 Å². The largest absolute Gasteiger partial charge is 0.492 e. The van der Waals surface area contributed by atoms with Crippen molar-refractivity contribution in [2.75, 3.05) is 36.9 Å². The van der Waals surface area contributed by atoms with Crippen molar-refractivity contribution in [3.8, 4) is 5.75 Å². The standard InChI is InChI=1S/C25H35NO6S2/c1-5-20-6-8-22(9-7-20)26(17-19(2)3)34(29,30)23-10-11-24(25(16-23)33(4,27)28)32-18-21-12-14-31-15-13-21/h6-11,16,19,21H,5,12-15,17-18H2,1-4H3. The Labute approximate surface area is 204 Å². The quantitative estimate of drug-likeness (QED) is 0.474. The van der Waals surface area contributed by atoms with E-state index in [0.717, 1.165) is 31.1 Å². The second kappa shape index (κ2) is 11.1. The second-order valence-corrected chi connectivity index (χ2v) is 13.0. The first-order valence-corrected chi connectivity index (χ1v) is 15.0. The molecule has 0 atom stereocenters. The molecule has 1 aliphatic heterocycles. The number of nitrogens with zero attached hydrogens (tertiary/aromatic N) is 1. The van der Waals surface area contributed by atoms with Gasteiger partial charge in [-0.3, -0.25) is 4.31 Å². The van der Waals surface area contributed by atoms with Crippen molar-refractivity contribution in [1.29, 1.82) is 0 Å². The van der Waals surface area contributed by atoms with Gasteiger partial charge in [-0.1, -0.05) is 32.9 Å². The lowest BCUT2D eigenvalue weighted by Crippen LogP contribution is -2.34. The number of aryl methyl sites for hydroxylation is 1. The molecule has 0 bridgehead atoms. The lowest BCUT2D eigenvalue weighted by Gasteiger charge is -2.27. The summed E-state index contributed by atoms with van der Waals surface area (Å²) in [5.74, 6) is 0.518. The molecule has 0 N–H and O–H groups in total. The zero-order valence-electron chi connectivity index (χ0n) is 20.4. The van der Waals surface area contributed by atoms with Crippen LogP contribution in [0.2, 0.25) is 0 Å². The van der Waals surface area contributed by atoms with Crippen LogP contribution in [-0.2, 0) is 31.0 Å². The maximum Gasteiger partial charge on any atom is 0.264 e. The molecule has 34 heavy (non-hydrogen) atoms. The molecule has 9 heteroatoms. The first-order valence-electron chi connectivity index (χ1n) is 11.7. The predicted octanol–water partition coefficient (Wildman–Crippen LogP) is 4.31. The van der Waals surface area contributed by atoms with Gasteiger partial charge >= 0.3 is 0 Å². The lowest BCUT2D eigenvalue weighted by molar-refractivity contribution is 0.0493. The molecule has 0 amide bonds. The van der Waals surface area contributed by atoms with Crippen molar-refractivity contribution in [1.82, 2.24) is 0 Å². The van der Waals surface area contributed by atoms with Crippen LogP contribution >= 0.6 is 0 Å². The summed E-state index contributed by atoms with van der Waals surface area (Å²) in [7, 11) is -7.73. The predicted molar refractivity (Wildman–Crippen MR) is 134 cm³/mol. The molecule has 1 heterocycles. The zero-order chi connectivity index (χ0) is 24.9. The van der Waals surface area contributed by atoms with Gasteiger partial charge in [0.15, 0.2) is 9.84 Å². The first kappa shape index (κ1) is 26.5. The summed E-state index contributed by atoms with van der Waals surface area (Å²) >= 11 is 0. The summed E-state index contributed by atoms with van der Waals surface area (Å²) in [6, 6.07) is 11.5. The van der Waals surface area contributed by atoms with Crippen molar-refractivity contribution in [2.45, 2.75) is 49.8 Å². The Morgan fingerprint density at radius 2 is 1.68 bits per heavy atom. The maximum absolute atomic E-state index is 13.7. The molecule has 1 fully saturated rings. The Kier molecular flexibility index (Phi) is 8.65. The van der Waals surface area contributed by atoms with Crippen molar-refractivity contribution in [3.63, 3.8) is 0 Å². The highest BCUT2D eigenvalue weighted by Crippen LogP contribution is 2.32. The van der Waals surface area contributed by atoms with E-state index >= 15 is 0 Å². The third-order valence-electron chi connectivity index (χ3n) is 5.88. The van der Waals surface area contributed by atoms with E-state index in [1.807, 2.05) is 32.9 Å². The van der Waals surface area contributed by atoms with E-state index < -0.39 is 19.9 Å². The van der Waals surface area contributed by atoms with E-state index in [0.29, 0.717) is 25.5 Å². The van der Waals surface area contributed by atoms with E-state index in [4.69, 9.17) is 9.47 Å². The van der Waals surface area contributed by atoms with Crippen LogP contribution in [0.15, 0.2) is 52.3 Å². The summed E-state index contributed by atoms with van der Waals surface area (Å²) in [5, 5.41) is 0. The molecule has 3 rings (SSSR count). The molecule has 2 aromatic rings. The van der Waals surface area contributed by atoms with Crippen LogP contribution in [0.4, 0.5) is 5.69 Å². The highest BCUT2D eigenvalue weighted by atomic mass is 32.2. The minimum atomic E-state index is -4.01. The average molecular weight is 510 g/mol. The number of hydrogen-bond acceptors (Lipinski definition) is 6. The molecule has 0 saturated carbocycles. The van der Waals surface area contributed by atoms with Crippen LogP contribution in [0.25, 0.3) is 0 Å². The van der Waals surface area contributed by atoms with Gasteiger partial charge in [0.1, 0.15) is 10.6 Å². The van der Waals surface area contributed by atoms with Crippen LogP contribution in [-0.4, -0.2) is 49.5 Å². The third kappa shape index (κ3) is 6.52. The highest BCUT2D eigenvalue weighted by molar-refractivity contribution is 7.93. The average Bonchev–Trinajstić information content (AvgIpc) is 2.81. The molecule has 0 spiro atoms. The molecule has 1 saturated heterocycles. The highest BCUT2D eigenvalue weighted by Gasteiger charge is 2.28. The first-order chi connectivity index (χ1) is 16.0. The second-order valence-electron chi connectivity index (χ2n) is 9.20. The Morgan fingerprint density at radius 1 is 1.03 bits per heavy atom. The van der Waals surface area contributed by atoms with Gasteiger partial charge in [-0.15, -0.1) is 0 Å². The van der Waals surface area contributed by atoms with Crippen molar-refractivity contribution >= 4 is 25.5 Å². The van der Waals surface area contributed by atoms with E-state index in [1.54, 1.807) is 12.1 Å². The van der Waals surface area contributed by atoms with Crippen molar-refractivity contribution in [3.05, 3.63) is 48.0 Å². The Bertz CT molecular complexity index is 1170. The van der Waals surface area contributed by atoms with Crippen molar-refractivity contribution < 1.29 is 26.3 Å². The van der Waals surface area contributed by atoms with E-state index in [9.17, 15) is 16.8 Å². The van der Waals surface area contributed by atoms with Gasteiger partial charge in [-0.2, -0.15) is 0 Å². The van der Waals surface area contributed by atoms with Crippen LogP contribution < -0.4 is 9.04 Å². The molecule has 1 aliphatic rings. The number of sulfone groups is 1. The van der Waals surface area contributed by atoms with E-state index in [1.165, 1.54) is 22.5 Å². The minimum Gasteiger partial charge on any atom is -0.492 e. The molecule has 0 aromatic heterocycles. The lowest BCUT2D eigenvalue weighted by atomic mass is 10.0. The molecular weight excluding hydrogens is 474 g/mol. The van der Waals surface area contributed by atoms with Crippen molar-refractivity contribution in [2.24, 2.45) is 11.8 Å². The Hall–Kier alpha value is -2.10.